The fraction of sp³-hybridized carbons (Fsp3) is 0.250. The van der Waals surface area contributed by atoms with E-state index >= 15 is 0 Å². The van der Waals surface area contributed by atoms with E-state index in [1.807, 2.05) is 6.07 Å². The third-order valence-corrected chi connectivity index (χ3v) is 5.00. The summed E-state index contributed by atoms with van der Waals surface area (Å²) in [5, 5.41) is 4.04. The van der Waals surface area contributed by atoms with Gasteiger partial charge in [0.15, 0.2) is 11.5 Å². The lowest BCUT2D eigenvalue weighted by atomic mass is 10.1. The maximum absolute atomic E-state index is 13.5. The van der Waals surface area contributed by atoms with Crippen LogP contribution in [0.2, 0.25) is 0 Å². The Hall–Kier alpha value is -3.42. The van der Waals surface area contributed by atoms with Gasteiger partial charge < -0.3 is 18.9 Å². The predicted molar refractivity (Wildman–Crippen MR) is 96.7 cm³/mol. The van der Waals surface area contributed by atoms with E-state index in [4.69, 9.17) is 14.0 Å². The molecule has 0 N–H and O–H groups in total. The molecule has 3 aromatic rings. The summed E-state index contributed by atoms with van der Waals surface area (Å²) in [6.07, 6.45) is 0.263. The number of carbonyl (C=O) groups is 1. The Morgan fingerprint density at radius 3 is 2.86 bits per heavy atom. The van der Waals surface area contributed by atoms with Gasteiger partial charge in [-0.2, -0.15) is 4.98 Å². The van der Waals surface area contributed by atoms with Crippen LogP contribution < -0.4 is 14.4 Å². The topological polar surface area (TPSA) is 77.7 Å². The van der Waals surface area contributed by atoms with Crippen molar-refractivity contribution >= 4 is 11.6 Å². The first kappa shape index (κ1) is 16.7. The molecule has 0 bridgehead atoms. The van der Waals surface area contributed by atoms with Crippen LogP contribution in [0.1, 0.15) is 23.8 Å². The standard InChI is InChI=1S/C20H16FN3O4/c1-11-6-14(3-4-15(11)21)24-9-13(8-18(24)25)20-22-19(23-28-20)12-2-5-16-17(7-12)27-10-26-16/h2-7,13H,8-10H2,1H3. The number of hydrogen-bond acceptors (Lipinski definition) is 6. The molecule has 2 aromatic carbocycles. The molecule has 5 rings (SSSR count). The molecule has 1 saturated heterocycles. The number of amides is 1. The van der Waals surface area contributed by atoms with Crippen molar-refractivity contribution in [1.82, 2.24) is 10.1 Å². The summed E-state index contributed by atoms with van der Waals surface area (Å²) < 4.78 is 29.6. The molecular weight excluding hydrogens is 365 g/mol. The minimum atomic E-state index is -0.294. The Bertz CT molecular complexity index is 1080. The Morgan fingerprint density at radius 1 is 1.14 bits per heavy atom. The molecule has 0 spiro atoms. The van der Waals surface area contributed by atoms with E-state index in [0.29, 0.717) is 41.0 Å². The number of rotatable bonds is 3. The Labute approximate surface area is 159 Å². The first-order valence-electron chi connectivity index (χ1n) is 8.88. The SMILES string of the molecule is Cc1cc(N2CC(c3nc(-c4ccc5c(c4)OCO5)no3)CC2=O)ccc1F. The molecule has 1 atom stereocenters. The van der Waals surface area contributed by atoms with E-state index in [0.717, 1.165) is 5.56 Å². The normalized spacial score (nSPS) is 18.1. The second-order valence-corrected chi connectivity index (χ2v) is 6.86. The molecule has 0 aliphatic carbocycles. The number of halogens is 1. The van der Waals surface area contributed by atoms with Crippen LogP contribution in [0.5, 0.6) is 11.5 Å². The first-order chi connectivity index (χ1) is 13.6. The van der Waals surface area contributed by atoms with Gasteiger partial charge in [-0.3, -0.25) is 4.79 Å². The fourth-order valence-corrected chi connectivity index (χ4v) is 3.47. The number of nitrogens with zero attached hydrogens (tertiary/aromatic N) is 3. The molecule has 2 aliphatic heterocycles. The van der Waals surface area contributed by atoms with Gasteiger partial charge in [-0.05, 0) is 48.9 Å². The van der Waals surface area contributed by atoms with Gasteiger partial charge >= 0.3 is 0 Å². The highest BCUT2D eigenvalue weighted by Gasteiger charge is 2.35. The van der Waals surface area contributed by atoms with Crippen LogP contribution in [0.3, 0.4) is 0 Å². The molecule has 3 heterocycles. The average molecular weight is 381 g/mol. The highest BCUT2D eigenvalue weighted by atomic mass is 19.1. The van der Waals surface area contributed by atoms with Gasteiger partial charge in [0.1, 0.15) is 5.82 Å². The Balaban J connectivity index is 1.37. The van der Waals surface area contributed by atoms with Crippen molar-refractivity contribution < 1.29 is 23.2 Å². The van der Waals surface area contributed by atoms with Gasteiger partial charge in [0.2, 0.25) is 24.4 Å². The van der Waals surface area contributed by atoms with E-state index in [1.165, 1.54) is 6.07 Å². The predicted octanol–water partition coefficient (Wildman–Crippen LogP) is 3.43. The number of ether oxygens (including phenoxy) is 2. The van der Waals surface area contributed by atoms with Gasteiger partial charge in [-0.15, -0.1) is 0 Å². The van der Waals surface area contributed by atoms with Crippen LogP contribution in [0, 0.1) is 12.7 Å². The van der Waals surface area contributed by atoms with Crippen LogP contribution >= 0.6 is 0 Å². The van der Waals surface area contributed by atoms with Crippen LogP contribution in [0.15, 0.2) is 40.9 Å². The number of benzene rings is 2. The van der Waals surface area contributed by atoms with Crippen molar-refractivity contribution in [3.8, 4) is 22.9 Å². The van der Waals surface area contributed by atoms with Crippen molar-refractivity contribution in [2.45, 2.75) is 19.3 Å². The van der Waals surface area contributed by atoms with Crippen molar-refractivity contribution in [3.63, 3.8) is 0 Å². The second-order valence-electron chi connectivity index (χ2n) is 6.86. The van der Waals surface area contributed by atoms with Crippen LogP contribution in [-0.2, 0) is 4.79 Å². The van der Waals surface area contributed by atoms with Crippen LogP contribution in [0.4, 0.5) is 10.1 Å². The van der Waals surface area contributed by atoms with Gasteiger partial charge in [-0.25, -0.2) is 4.39 Å². The quantitative estimate of drug-likeness (QED) is 0.692. The largest absolute Gasteiger partial charge is 0.454 e. The van der Waals surface area contributed by atoms with E-state index in [9.17, 15) is 9.18 Å². The summed E-state index contributed by atoms with van der Waals surface area (Å²) in [5.41, 5.74) is 1.91. The molecule has 1 fully saturated rings. The van der Waals surface area contributed by atoms with Crippen LogP contribution in [-0.4, -0.2) is 29.4 Å². The molecule has 1 amide bonds. The van der Waals surface area contributed by atoms with E-state index in [2.05, 4.69) is 10.1 Å². The smallest absolute Gasteiger partial charge is 0.232 e. The Morgan fingerprint density at radius 2 is 2.00 bits per heavy atom. The summed E-state index contributed by atoms with van der Waals surface area (Å²) >= 11 is 0. The van der Waals surface area contributed by atoms with Crippen molar-refractivity contribution in [3.05, 3.63) is 53.7 Å². The summed E-state index contributed by atoms with van der Waals surface area (Å²) in [5.74, 6) is 1.58. The highest BCUT2D eigenvalue weighted by molar-refractivity contribution is 5.96. The first-order valence-corrected chi connectivity index (χ1v) is 8.88. The maximum atomic E-state index is 13.5. The maximum Gasteiger partial charge on any atom is 0.232 e. The highest BCUT2D eigenvalue weighted by Crippen LogP contribution is 2.36. The second kappa shape index (κ2) is 6.33. The molecule has 0 radical (unpaired) electrons. The van der Waals surface area contributed by atoms with Gasteiger partial charge in [0, 0.05) is 24.2 Å². The average Bonchev–Trinajstić information content (AvgIpc) is 3.42. The third kappa shape index (κ3) is 2.77. The molecule has 2 aliphatic rings. The Kier molecular flexibility index (Phi) is 3.78. The lowest BCUT2D eigenvalue weighted by Crippen LogP contribution is -2.24. The molecule has 142 valence electrons. The van der Waals surface area contributed by atoms with Crippen molar-refractivity contribution in [1.29, 1.82) is 0 Å². The number of aryl methyl sites for hydroxylation is 1. The number of fused-ring (bicyclic) bond motifs is 1. The summed E-state index contributed by atoms with van der Waals surface area (Å²) in [6.45, 7) is 2.28. The fourth-order valence-electron chi connectivity index (χ4n) is 3.47. The zero-order chi connectivity index (χ0) is 19.3. The molecule has 0 saturated carbocycles. The van der Waals surface area contributed by atoms with Gasteiger partial charge in [-0.1, -0.05) is 5.16 Å². The molecular formula is C20H16FN3O4. The number of hydrogen-bond donors (Lipinski definition) is 0. The molecule has 1 aromatic heterocycles. The summed E-state index contributed by atoms with van der Waals surface area (Å²) in [6, 6.07) is 10.1. The summed E-state index contributed by atoms with van der Waals surface area (Å²) in [4.78, 5) is 18.6. The zero-order valence-electron chi connectivity index (χ0n) is 15.0. The number of aromatic nitrogens is 2. The zero-order valence-corrected chi connectivity index (χ0v) is 15.0. The summed E-state index contributed by atoms with van der Waals surface area (Å²) in [7, 11) is 0. The molecule has 1 unspecified atom stereocenters. The van der Waals surface area contributed by atoms with E-state index in [1.54, 1.807) is 36.1 Å². The van der Waals surface area contributed by atoms with E-state index in [-0.39, 0.29) is 30.9 Å². The number of carbonyl (C=O) groups excluding carboxylic acids is 1. The number of anilines is 1. The molecule has 28 heavy (non-hydrogen) atoms. The molecule has 8 heteroatoms. The van der Waals surface area contributed by atoms with Gasteiger partial charge in [0.25, 0.3) is 0 Å². The lowest BCUT2D eigenvalue weighted by molar-refractivity contribution is -0.117. The van der Waals surface area contributed by atoms with Crippen molar-refractivity contribution in [2.75, 3.05) is 18.2 Å². The van der Waals surface area contributed by atoms with Gasteiger partial charge in [0.05, 0.1) is 5.92 Å². The van der Waals surface area contributed by atoms with Crippen LogP contribution in [0.25, 0.3) is 11.4 Å². The lowest BCUT2D eigenvalue weighted by Gasteiger charge is -2.16. The molecule has 7 nitrogen and oxygen atoms in total. The minimum absolute atomic E-state index is 0.0566. The minimum Gasteiger partial charge on any atom is -0.454 e. The van der Waals surface area contributed by atoms with E-state index < -0.39 is 0 Å². The monoisotopic (exact) mass is 381 g/mol. The van der Waals surface area contributed by atoms with Crippen molar-refractivity contribution in [2.24, 2.45) is 0 Å². The third-order valence-electron chi connectivity index (χ3n) is 5.00.